The summed E-state index contributed by atoms with van der Waals surface area (Å²) in [6, 6.07) is 0.792. The van der Waals surface area contributed by atoms with Crippen LogP contribution in [0.5, 0.6) is 0 Å². The summed E-state index contributed by atoms with van der Waals surface area (Å²) in [4.78, 5) is 2.66. The molecule has 1 heterocycles. The van der Waals surface area contributed by atoms with Gasteiger partial charge in [0.1, 0.15) is 0 Å². The van der Waals surface area contributed by atoms with Crippen LogP contribution in [-0.4, -0.2) is 42.1 Å². The van der Waals surface area contributed by atoms with E-state index in [4.69, 9.17) is 4.74 Å². The highest BCUT2D eigenvalue weighted by atomic mass is 79.9. The number of piperidine rings is 1. The zero-order valence-corrected chi connectivity index (χ0v) is 12.6. The van der Waals surface area contributed by atoms with Crippen LogP contribution in [0.4, 0.5) is 0 Å². The molecule has 0 saturated carbocycles. The third-order valence-corrected chi connectivity index (χ3v) is 4.20. The van der Waals surface area contributed by atoms with Crippen molar-refractivity contribution in [3.8, 4) is 0 Å². The minimum Gasteiger partial charge on any atom is -0.379 e. The summed E-state index contributed by atoms with van der Waals surface area (Å²) < 4.78 is 5.49. The molecule has 1 fully saturated rings. The lowest BCUT2D eigenvalue weighted by molar-refractivity contribution is 0.000803. The topological polar surface area (TPSA) is 12.5 Å². The van der Waals surface area contributed by atoms with Gasteiger partial charge in [-0.05, 0) is 46.1 Å². The maximum atomic E-state index is 5.49. The lowest BCUT2D eigenvalue weighted by Gasteiger charge is -2.37. The second-order valence-corrected chi connectivity index (χ2v) is 6.17. The maximum Gasteiger partial charge on any atom is 0.0634 e. The fraction of sp³-hybridized carbons (Fsp3) is 1.00. The summed E-state index contributed by atoms with van der Waals surface area (Å²) >= 11 is 3.57. The van der Waals surface area contributed by atoms with Gasteiger partial charge in [0.05, 0.1) is 5.60 Å². The van der Waals surface area contributed by atoms with Crippen LogP contribution in [0.1, 0.15) is 46.0 Å². The Balaban J connectivity index is 2.37. The molecule has 0 amide bonds. The molecule has 0 spiro atoms. The molecule has 2 nitrogen and oxygen atoms in total. The lowest BCUT2D eigenvalue weighted by Crippen LogP contribution is -2.42. The molecule has 1 aliphatic rings. The molecule has 1 saturated heterocycles. The first-order chi connectivity index (χ1) is 7.59. The van der Waals surface area contributed by atoms with Crippen molar-refractivity contribution in [2.24, 2.45) is 0 Å². The van der Waals surface area contributed by atoms with Crippen LogP contribution in [0, 0.1) is 0 Å². The Morgan fingerprint density at radius 3 is 2.75 bits per heavy atom. The average Bonchev–Trinajstić information content (AvgIpc) is 2.28. The Labute approximate surface area is 109 Å². The van der Waals surface area contributed by atoms with Crippen molar-refractivity contribution < 1.29 is 4.74 Å². The Bertz CT molecular complexity index is 194. The van der Waals surface area contributed by atoms with Gasteiger partial charge < -0.3 is 9.64 Å². The highest BCUT2D eigenvalue weighted by molar-refractivity contribution is 9.09. The summed E-state index contributed by atoms with van der Waals surface area (Å²) in [6.07, 6.45) is 6.56. The molecule has 0 radical (unpaired) electrons. The van der Waals surface area contributed by atoms with Crippen molar-refractivity contribution >= 4 is 15.9 Å². The molecule has 16 heavy (non-hydrogen) atoms. The largest absolute Gasteiger partial charge is 0.379 e. The van der Waals surface area contributed by atoms with Gasteiger partial charge in [-0.2, -0.15) is 0 Å². The highest BCUT2D eigenvalue weighted by Gasteiger charge is 2.24. The molecule has 1 unspecified atom stereocenters. The number of alkyl halides is 1. The van der Waals surface area contributed by atoms with E-state index in [0.29, 0.717) is 0 Å². The average molecular weight is 292 g/mol. The van der Waals surface area contributed by atoms with E-state index in [1.807, 2.05) is 7.11 Å². The SMILES string of the molecule is COC(C)(C)CCN1CCCCC1CCBr. The minimum atomic E-state index is 0.0242. The molecule has 0 aliphatic carbocycles. The molecule has 1 aliphatic heterocycles. The van der Waals surface area contributed by atoms with Crippen LogP contribution in [0.2, 0.25) is 0 Å². The second kappa shape index (κ2) is 6.97. The lowest BCUT2D eigenvalue weighted by atomic mass is 9.98. The van der Waals surface area contributed by atoms with E-state index in [9.17, 15) is 0 Å². The standard InChI is InChI=1S/C13H26BrNO/c1-13(2,16-3)8-11-15-10-5-4-6-12(15)7-9-14/h12H,4-11H2,1-3H3. The summed E-state index contributed by atoms with van der Waals surface area (Å²) in [5.74, 6) is 0. The van der Waals surface area contributed by atoms with Crippen molar-refractivity contribution in [3.05, 3.63) is 0 Å². The number of nitrogens with zero attached hydrogens (tertiary/aromatic N) is 1. The van der Waals surface area contributed by atoms with Crippen molar-refractivity contribution in [2.75, 3.05) is 25.5 Å². The molecule has 0 N–H and O–H groups in total. The van der Waals surface area contributed by atoms with E-state index in [0.717, 1.165) is 17.8 Å². The van der Waals surface area contributed by atoms with Crippen molar-refractivity contribution in [1.29, 1.82) is 0 Å². The molecular weight excluding hydrogens is 266 g/mol. The van der Waals surface area contributed by atoms with Crippen LogP contribution < -0.4 is 0 Å². The molecule has 3 heteroatoms. The van der Waals surface area contributed by atoms with Gasteiger partial charge >= 0.3 is 0 Å². The van der Waals surface area contributed by atoms with Gasteiger partial charge in [0, 0.05) is 25.0 Å². The van der Waals surface area contributed by atoms with Crippen LogP contribution in [0.25, 0.3) is 0 Å². The zero-order chi connectivity index (χ0) is 12.0. The van der Waals surface area contributed by atoms with Gasteiger partial charge in [-0.3, -0.25) is 0 Å². The molecule has 1 atom stereocenters. The first kappa shape index (κ1) is 14.5. The van der Waals surface area contributed by atoms with Gasteiger partial charge in [-0.15, -0.1) is 0 Å². The fourth-order valence-electron chi connectivity index (χ4n) is 2.32. The van der Waals surface area contributed by atoms with Gasteiger partial charge in [-0.25, -0.2) is 0 Å². The van der Waals surface area contributed by atoms with E-state index in [-0.39, 0.29) is 5.60 Å². The van der Waals surface area contributed by atoms with Crippen LogP contribution in [-0.2, 0) is 4.74 Å². The van der Waals surface area contributed by atoms with Crippen LogP contribution >= 0.6 is 15.9 Å². The monoisotopic (exact) mass is 291 g/mol. The summed E-state index contributed by atoms with van der Waals surface area (Å²) in [6.45, 7) is 6.81. The molecule has 1 rings (SSSR count). The third kappa shape index (κ3) is 4.72. The van der Waals surface area contributed by atoms with Crippen molar-refractivity contribution in [2.45, 2.75) is 57.6 Å². The molecular formula is C13H26BrNO. The second-order valence-electron chi connectivity index (χ2n) is 5.38. The highest BCUT2D eigenvalue weighted by Crippen LogP contribution is 2.22. The Kier molecular flexibility index (Phi) is 6.30. The quantitative estimate of drug-likeness (QED) is 0.695. The van der Waals surface area contributed by atoms with Gasteiger partial charge in [0.2, 0.25) is 0 Å². The maximum absolute atomic E-state index is 5.49. The first-order valence-electron chi connectivity index (χ1n) is 6.44. The number of rotatable bonds is 6. The summed E-state index contributed by atoms with van der Waals surface area (Å²) in [5, 5.41) is 1.13. The van der Waals surface area contributed by atoms with Gasteiger partial charge in [0.25, 0.3) is 0 Å². The van der Waals surface area contributed by atoms with Crippen molar-refractivity contribution in [1.82, 2.24) is 4.90 Å². The van der Waals surface area contributed by atoms with E-state index < -0.39 is 0 Å². The number of hydrogen-bond acceptors (Lipinski definition) is 2. The summed E-state index contributed by atoms with van der Waals surface area (Å²) in [5.41, 5.74) is 0.0242. The smallest absolute Gasteiger partial charge is 0.0634 e. The normalized spacial score (nSPS) is 23.6. The molecule has 0 aromatic rings. The molecule has 0 aromatic carbocycles. The number of hydrogen-bond donors (Lipinski definition) is 0. The fourth-order valence-corrected chi connectivity index (χ4v) is 2.85. The Hall–Kier alpha value is 0.400. The number of likely N-dealkylation sites (tertiary alicyclic amines) is 1. The van der Waals surface area contributed by atoms with E-state index in [1.165, 1.54) is 38.8 Å². The molecule has 0 aromatic heterocycles. The van der Waals surface area contributed by atoms with Crippen LogP contribution in [0.3, 0.4) is 0 Å². The zero-order valence-electron chi connectivity index (χ0n) is 11.0. The Morgan fingerprint density at radius 2 is 2.12 bits per heavy atom. The number of halogens is 1. The third-order valence-electron chi connectivity index (χ3n) is 3.75. The van der Waals surface area contributed by atoms with Gasteiger partial charge in [-0.1, -0.05) is 22.4 Å². The van der Waals surface area contributed by atoms with Gasteiger partial charge in [0.15, 0.2) is 0 Å². The van der Waals surface area contributed by atoms with E-state index in [1.54, 1.807) is 0 Å². The van der Waals surface area contributed by atoms with Crippen molar-refractivity contribution in [3.63, 3.8) is 0 Å². The minimum absolute atomic E-state index is 0.0242. The van der Waals surface area contributed by atoms with E-state index in [2.05, 4.69) is 34.7 Å². The predicted octanol–water partition coefficient (Wildman–Crippen LogP) is 3.44. The predicted molar refractivity (Wildman–Crippen MR) is 73.3 cm³/mol. The Morgan fingerprint density at radius 1 is 1.38 bits per heavy atom. The van der Waals surface area contributed by atoms with E-state index >= 15 is 0 Å². The number of methoxy groups -OCH3 is 1. The summed E-state index contributed by atoms with van der Waals surface area (Å²) in [7, 11) is 1.81. The van der Waals surface area contributed by atoms with Crippen LogP contribution in [0.15, 0.2) is 0 Å². The molecule has 96 valence electrons. The molecule has 0 bridgehead atoms. The number of ether oxygens (including phenoxy) is 1. The first-order valence-corrected chi connectivity index (χ1v) is 7.56.